The molecule has 0 radical (unpaired) electrons. The number of hydrogen-bond acceptors (Lipinski definition) is 8. The molecule has 0 spiro atoms. The standard InChI is InChI=1S/C18H18N8O2/c19-18-23-22-17(28-18)6-4-15(27)14-10-26(24-21-14)9-13-8-25-7-12(11-1-2-11)3-5-16(25)20-13/h3,5,7-8,10-11H,1-2,4,6,9H2,(H2,19,23). The number of Topliss-reactive ketones (excluding diaryl/α,β-unsaturated/α-hetero) is 1. The molecule has 10 heteroatoms. The smallest absolute Gasteiger partial charge is 0.312 e. The van der Waals surface area contributed by atoms with Crippen molar-refractivity contribution in [3.63, 3.8) is 0 Å². The van der Waals surface area contributed by atoms with Crippen LogP contribution in [0.4, 0.5) is 6.01 Å². The first-order chi connectivity index (χ1) is 13.6. The summed E-state index contributed by atoms with van der Waals surface area (Å²) in [5.74, 6) is 0.878. The third kappa shape index (κ3) is 3.36. The normalized spacial score (nSPS) is 14.0. The van der Waals surface area contributed by atoms with Gasteiger partial charge in [-0.3, -0.25) is 4.79 Å². The lowest BCUT2D eigenvalue weighted by Gasteiger charge is -1.98. The first-order valence-electron chi connectivity index (χ1n) is 9.13. The van der Waals surface area contributed by atoms with E-state index in [-0.39, 0.29) is 18.2 Å². The summed E-state index contributed by atoms with van der Waals surface area (Å²) < 4.78 is 8.72. The fourth-order valence-electron chi connectivity index (χ4n) is 3.18. The molecule has 0 saturated heterocycles. The average molecular weight is 378 g/mol. The second-order valence-electron chi connectivity index (χ2n) is 6.99. The maximum atomic E-state index is 12.3. The summed E-state index contributed by atoms with van der Waals surface area (Å²) in [7, 11) is 0. The maximum absolute atomic E-state index is 12.3. The zero-order chi connectivity index (χ0) is 19.1. The number of anilines is 1. The highest BCUT2D eigenvalue weighted by Gasteiger charge is 2.23. The SMILES string of the molecule is Nc1nnc(CCC(=O)c2cn(Cc3cn4cc(C5CC5)ccc4n3)nn2)o1. The number of pyridine rings is 1. The molecule has 4 aromatic heterocycles. The van der Waals surface area contributed by atoms with Gasteiger partial charge in [0, 0.05) is 25.2 Å². The largest absolute Gasteiger partial charge is 0.408 e. The Balaban J connectivity index is 1.25. The summed E-state index contributed by atoms with van der Waals surface area (Å²) in [4.78, 5) is 16.9. The van der Waals surface area contributed by atoms with Crippen LogP contribution in [0.15, 0.2) is 35.1 Å². The molecule has 1 aliphatic carbocycles. The van der Waals surface area contributed by atoms with Crippen molar-refractivity contribution < 1.29 is 9.21 Å². The highest BCUT2D eigenvalue weighted by Crippen LogP contribution is 2.39. The van der Waals surface area contributed by atoms with Crippen molar-refractivity contribution in [2.75, 3.05) is 5.73 Å². The second-order valence-corrected chi connectivity index (χ2v) is 6.99. The lowest BCUT2D eigenvalue weighted by atomic mass is 10.2. The van der Waals surface area contributed by atoms with Gasteiger partial charge in [0.2, 0.25) is 5.89 Å². The summed E-state index contributed by atoms with van der Waals surface area (Å²) in [6.45, 7) is 0.445. The van der Waals surface area contributed by atoms with Crippen molar-refractivity contribution in [2.24, 2.45) is 0 Å². The minimum absolute atomic E-state index is 0.00917. The van der Waals surface area contributed by atoms with Gasteiger partial charge in [0.1, 0.15) is 11.3 Å². The number of nitrogens with two attached hydrogens (primary N) is 1. The molecule has 4 heterocycles. The quantitative estimate of drug-likeness (QED) is 0.480. The molecule has 0 aromatic carbocycles. The van der Waals surface area contributed by atoms with E-state index in [1.54, 1.807) is 10.9 Å². The van der Waals surface area contributed by atoms with Gasteiger partial charge in [0.25, 0.3) is 0 Å². The van der Waals surface area contributed by atoms with Gasteiger partial charge in [-0.05, 0) is 30.4 Å². The molecule has 1 fully saturated rings. The third-order valence-corrected chi connectivity index (χ3v) is 4.77. The number of ketones is 1. The Morgan fingerprint density at radius 2 is 2.07 bits per heavy atom. The fraction of sp³-hybridized carbons (Fsp3) is 0.333. The predicted octanol–water partition coefficient (Wildman–Crippen LogP) is 1.63. The molecule has 5 rings (SSSR count). The van der Waals surface area contributed by atoms with E-state index in [1.807, 2.05) is 16.7 Å². The van der Waals surface area contributed by atoms with Crippen LogP contribution in [0.25, 0.3) is 5.65 Å². The molecule has 4 aromatic rings. The zero-order valence-electron chi connectivity index (χ0n) is 15.0. The number of carbonyl (C=O) groups is 1. The van der Waals surface area contributed by atoms with Crippen LogP contribution in [-0.4, -0.2) is 40.4 Å². The molecular weight excluding hydrogens is 360 g/mol. The van der Waals surface area contributed by atoms with E-state index >= 15 is 0 Å². The maximum Gasteiger partial charge on any atom is 0.312 e. The first kappa shape index (κ1) is 16.6. The van der Waals surface area contributed by atoms with E-state index in [0.29, 0.717) is 30.5 Å². The van der Waals surface area contributed by atoms with Gasteiger partial charge in [-0.1, -0.05) is 16.4 Å². The topological polar surface area (TPSA) is 130 Å². The van der Waals surface area contributed by atoms with E-state index in [2.05, 4.69) is 37.8 Å². The molecule has 10 nitrogen and oxygen atoms in total. The van der Waals surface area contributed by atoms with Gasteiger partial charge in [0.15, 0.2) is 5.78 Å². The minimum atomic E-state index is -0.146. The summed E-state index contributed by atoms with van der Waals surface area (Å²) in [5, 5.41) is 15.3. The van der Waals surface area contributed by atoms with E-state index < -0.39 is 0 Å². The molecule has 0 bridgehead atoms. The Hall–Kier alpha value is -3.56. The van der Waals surface area contributed by atoms with Gasteiger partial charge >= 0.3 is 6.01 Å². The number of imidazole rings is 1. The Morgan fingerprint density at radius 3 is 2.86 bits per heavy atom. The number of aryl methyl sites for hydroxylation is 1. The van der Waals surface area contributed by atoms with E-state index in [9.17, 15) is 4.79 Å². The lowest BCUT2D eigenvalue weighted by molar-refractivity contribution is 0.0975. The predicted molar refractivity (Wildman–Crippen MR) is 97.7 cm³/mol. The number of rotatable bonds is 7. The molecule has 1 aliphatic rings. The molecular formula is C18H18N8O2. The summed E-state index contributed by atoms with van der Waals surface area (Å²) in [6, 6.07) is 4.18. The number of hydrogen-bond donors (Lipinski definition) is 1. The Kier molecular flexibility index (Phi) is 3.89. The minimum Gasteiger partial charge on any atom is -0.408 e. The van der Waals surface area contributed by atoms with Crippen LogP contribution in [0.3, 0.4) is 0 Å². The number of nitrogens with zero attached hydrogens (tertiary/aromatic N) is 7. The van der Waals surface area contributed by atoms with Crippen molar-refractivity contribution in [1.29, 1.82) is 0 Å². The van der Waals surface area contributed by atoms with Gasteiger partial charge in [-0.25, -0.2) is 9.67 Å². The summed E-state index contributed by atoms with van der Waals surface area (Å²) in [6.07, 6.45) is 8.80. The molecule has 1 saturated carbocycles. The Morgan fingerprint density at radius 1 is 1.18 bits per heavy atom. The van der Waals surface area contributed by atoms with Crippen molar-refractivity contribution in [3.8, 4) is 0 Å². The lowest BCUT2D eigenvalue weighted by Crippen LogP contribution is -2.02. The average Bonchev–Trinajstić information content (AvgIpc) is 3.09. The fourth-order valence-corrected chi connectivity index (χ4v) is 3.18. The summed E-state index contributed by atoms with van der Waals surface area (Å²) >= 11 is 0. The van der Waals surface area contributed by atoms with Crippen molar-refractivity contribution >= 4 is 17.4 Å². The third-order valence-electron chi connectivity index (χ3n) is 4.77. The van der Waals surface area contributed by atoms with Crippen molar-refractivity contribution in [2.45, 2.75) is 38.1 Å². The molecule has 28 heavy (non-hydrogen) atoms. The Bertz CT molecular complexity index is 1150. The van der Waals surface area contributed by atoms with Crippen LogP contribution in [-0.2, 0) is 13.0 Å². The first-order valence-corrected chi connectivity index (χ1v) is 9.13. The number of fused-ring (bicyclic) bond motifs is 1. The molecule has 2 N–H and O–H groups in total. The van der Waals surface area contributed by atoms with Crippen LogP contribution in [0.5, 0.6) is 0 Å². The number of carbonyl (C=O) groups excluding carboxylic acids is 1. The van der Waals surface area contributed by atoms with Crippen LogP contribution in [0, 0.1) is 0 Å². The van der Waals surface area contributed by atoms with Gasteiger partial charge in [0.05, 0.1) is 18.4 Å². The Labute approximate surface area is 159 Å². The number of nitrogen functional groups attached to an aromatic ring is 1. The number of aromatic nitrogens is 7. The van der Waals surface area contributed by atoms with Gasteiger partial charge < -0.3 is 14.6 Å². The van der Waals surface area contributed by atoms with E-state index in [4.69, 9.17) is 10.2 Å². The van der Waals surface area contributed by atoms with Gasteiger partial charge in [-0.15, -0.1) is 10.2 Å². The van der Waals surface area contributed by atoms with E-state index in [1.165, 1.54) is 18.4 Å². The molecule has 0 aliphatic heterocycles. The van der Waals surface area contributed by atoms with Gasteiger partial charge in [-0.2, -0.15) is 0 Å². The van der Waals surface area contributed by atoms with Crippen molar-refractivity contribution in [1.82, 2.24) is 34.6 Å². The van der Waals surface area contributed by atoms with Crippen LogP contribution >= 0.6 is 0 Å². The molecule has 0 atom stereocenters. The molecule has 142 valence electrons. The van der Waals surface area contributed by atoms with Crippen LogP contribution < -0.4 is 5.73 Å². The highest BCUT2D eigenvalue weighted by atomic mass is 16.4. The molecule has 0 unspecified atom stereocenters. The van der Waals surface area contributed by atoms with Crippen molar-refractivity contribution in [3.05, 3.63) is 53.6 Å². The van der Waals surface area contributed by atoms with Crippen LogP contribution in [0.1, 0.15) is 52.8 Å². The highest BCUT2D eigenvalue weighted by molar-refractivity contribution is 5.93. The van der Waals surface area contributed by atoms with E-state index in [0.717, 1.165) is 11.3 Å². The second kappa shape index (κ2) is 6.55. The monoisotopic (exact) mass is 378 g/mol. The summed E-state index contributed by atoms with van der Waals surface area (Å²) in [5.41, 5.74) is 8.78. The zero-order valence-corrected chi connectivity index (χ0v) is 15.0. The molecule has 0 amide bonds. The van der Waals surface area contributed by atoms with Crippen LogP contribution in [0.2, 0.25) is 0 Å².